The molecule has 0 bridgehead atoms. The average molecular weight is 276 g/mol. The summed E-state index contributed by atoms with van der Waals surface area (Å²) < 4.78 is 0. The van der Waals surface area contributed by atoms with Crippen LogP contribution in [0, 0.1) is 0 Å². The summed E-state index contributed by atoms with van der Waals surface area (Å²) in [5.74, 6) is 0.649. The lowest BCUT2D eigenvalue weighted by molar-refractivity contribution is -0.117. The third kappa shape index (κ3) is 2.69. The maximum atomic E-state index is 11.3. The van der Waals surface area contributed by atoms with Crippen LogP contribution in [-0.2, 0) is 4.79 Å². The first-order valence-corrected chi connectivity index (χ1v) is 7.56. The molecule has 0 aliphatic carbocycles. The van der Waals surface area contributed by atoms with Gasteiger partial charge in [-0.05, 0) is 52.4 Å². The molecular weight excluding hydrogens is 256 g/mol. The molecule has 0 fully saturated rings. The van der Waals surface area contributed by atoms with Crippen molar-refractivity contribution in [2.24, 2.45) is 0 Å². The molecular formula is C20H20O. The number of Topliss-reactive ketones (excluding diaryl/α,β-unsaturated/α-hetero) is 1. The van der Waals surface area contributed by atoms with Crippen molar-refractivity contribution in [2.45, 2.75) is 32.6 Å². The smallest absolute Gasteiger partial charge is 0.129 e. The van der Waals surface area contributed by atoms with E-state index in [9.17, 15) is 4.79 Å². The standard InChI is InChI=1S/C20H20O/c1-14(11-12-15(2)21)20-18-9-5-3-7-16(18)13-17-8-4-6-10-19(17)20/h3-10,13-14H,11-12H2,1-2H3. The van der Waals surface area contributed by atoms with Crippen LogP contribution in [0.4, 0.5) is 0 Å². The van der Waals surface area contributed by atoms with Crippen molar-refractivity contribution >= 4 is 27.3 Å². The molecule has 1 unspecified atom stereocenters. The Morgan fingerprint density at radius 2 is 1.48 bits per heavy atom. The first-order valence-electron chi connectivity index (χ1n) is 7.56. The van der Waals surface area contributed by atoms with Gasteiger partial charge in [0.1, 0.15) is 5.78 Å². The summed E-state index contributed by atoms with van der Waals surface area (Å²) in [5.41, 5.74) is 1.38. The van der Waals surface area contributed by atoms with E-state index in [-0.39, 0.29) is 5.78 Å². The molecule has 0 aliphatic heterocycles. The van der Waals surface area contributed by atoms with Crippen molar-refractivity contribution in [1.29, 1.82) is 0 Å². The Morgan fingerprint density at radius 3 is 2.00 bits per heavy atom. The van der Waals surface area contributed by atoms with Crippen molar-refractivity contribution in [3.8, 4) is 0 Å². The van der Waals surface area contributed by atoms with Crippen LogP contribution in [0.5, 0.6) is 0 Å². The monoisotopic (exact) mass is 276 g/mol. The maximum absolute atomic E-state index is 11.3. The predicted octanol–water partition coefficient (Wildman–Crippen LogP) is 5.47. The molecule has 0 saturated heterocycles. The van der Waals surface area contributed by atoms with E-state index >= 15 is 0 Å². The Hall–Kier alpha value is -2.15. The Morgan fingerprint density at radius 1 is 0.952 bits per heavy atom. The first kappa shape index (κ1) is 13.8. The third-order valence-corrected chi connectivity index (χ3v) is 4.24. The molecule has 21 heavy (non-hydrogen) atoms. The molecule has 1 heteroatoms. The quantitative estimate of drug-likeness (QED) is 0.578. The van der Waals surface area contributed by atoms with Gasteiger partial charge in [0.05, 0.1) is 0 Å². The number of fused-ring (bicyclic) bond motifs is 2. The minimum Gasteiger partial charge on any atom is -0.300 e. The van der Waals surface area contributed by atoms with Crippen LogP contribution in [0.1, 0.15) is 38.2 Å². The summed E-state index contributed by atoms with van der Waals surface area (Å²) in [6.07, 6.45) is 1.56. The van der Waals surface area contributed by atoms with E-state index in [1.165, 1.54) is 27.1 Å². The van der Waals surface area contributed by atoms with Gasteiger partial charge in [-0.15, -0.1) is 0 Å². The molecule has 3 aromatic rings. The van der Waals surface area contributed by atoms with Gasteiger partial charge in [0, 0.05) is 6.42 Å². The van der Waals surface area contributed by atoms with Gasteiger partial charge in [-0.2, -0.15) is 0 Å². The van der Waals surface area contributed by atoms with E-state index in [4.69, 9.17) is 0 Å². The summed E-state index contributed by atoms with van der Waals surface area (Å²) >= 11 is 0. The van der Waals surface area contributed by atoms with Crippen molar-refractivity contribution < 1.29 is 4.79 Å². The zero-order valence-electron chi connectivity index (χ0n) is 12.6. The SMILES string of the molecule is CC(=O)CCC(C)c1c2ccccc2cc2ccccc12. The lowest BCUT2D eigenvalue weighted by atomic mass is 9.86. The molecule has 0 spiro atoms. The highest BCUT2D eigenvalue weighted by molar-refractivity contribution is 6.02. The minimum atomic E-state index is 0.270. The normalized spacial score (nSPS) is 12.7. The first-order chi connectivity index (χ1) is 10.2. The van der Waals surface area contributed by atoms with Gasteiger partial charge in [0.15, 0.2) is 0 Å². The lowest BCUT2D eigenvalue weighted by Gasteiger charge is -2.17. The van der Waals surface area contributed by atoms with Crippen LogP contribution in [-0.4, -0.2) is 5.78 Å². The van der Waals surface area contributed by atoms with Gasteiger partial charge in [0.2, 0.25) is 0 Å². The molecule has 0 radical (unpaired) electrons. The van der Waals surface area contributed by atoms with Crippen LogP contribution in [0.15, 0.2) is 54.6 Å². The average Bonchev–Trinajstić information content (AvgIpc) is 2.50. The summed E-state index contributed by atoms with van der Waals surface area (Å²) in [6.45, 7) is 3.91. The number of benzene rings is 3. The van der Waals surface area contributed by atoms with E-state index in [2.05, 4.69) is 61.5 Å². The number of carbonyl (C=O) groups is 1. The number of ketones is 1. The summed E-state index contributed by atoms with van der Waals surface area (Å²) in [4.78, 5) is 11.3. The molecule has 0 heterocycles. The Bertz CT molecular complexity index is 747. The minimum absolute atomic E-state index is 0.270. The fourth-order valence-electron chi connectivity index (χ4n) is 3.14. The molecule has 0 aromatic heterocycles. The van der Waals surface area contributed by atoms with Gasteiger partial charge < -0.3 is 4.79 Å². The molecule has 3 aromatic carbocycles. The Labute approximate surface area is 125 Å². The second-order valence-corrected chi connectivity index (χ2v) is 5.87. The fraction of sp³-hybridized carbons (Fsp3) is 0.250. The molecule has 0 N–H and O–H groups in total. The summed E-state index contributed by atoms with van der Waals surface area (Å²) in [5, 5.41) is 5.18. The van der Waals surface area contributed by atoms with Gasteiger partial charge in [-0.25, -0.2) is 0 Å². The number of rotatable bonds is 4. The topological polar surface area (TPSA) is 17.1 Å². The highest BCUT2D eigenvalue weighted by atomic mass is 16.1. The largest absolute Gasteiger partial charge is 0.300 e. The molecule has 106 valence electrons. The van der Waals surface area contributed by atoms with Crippen LogP contribution in [0.3, 0.4) is 0 Å². The van der Waals surface area contributed by atoms with Crippen LogP contribution >= 0.6 is 0 Å². The molecule has 1 atom stereocenters. The number of hydrogen-bond acceptors (Lipinski definition) is 1. The maximum Gasteiger partial charge on any atom is 0.129 e. The Kier molecular flexibility index (Phi) is 3.74. The highest BCUT2D eigenvalue weighted by Gasteiger charge is 2.14. The van der Waals surface area contributed by atoms with E-state index in [1.807, 2.05) is 0 Å². The van der Waals surface area contributed by atoms with Gasteiger partial charge in [0.25, 0.3) is 0 Å². The summed E-state index contributed by atoms with van der Waals surface area (Å²) in [6, 6.07) is 19.3. The zero-order valence-corrected chi connectivity index (χ0v) is 12.6. The van der Waals surface area contributed by atoms with E-state index < -0.39 is 0 Å². The van der Waals surface area contributed by atoms with Crippen molar-refractivity contribution in [3.05, 3.63) is 60.2 Å². The van der Waals surface area contributed by atoms with Gasteiger partial charge in [-0.3, -0.25) is 0 Å². The van der Waals surface area contributed by atoms with Crippen molar-refractivity contribution in [3.63, 3.8) is 0 Å². The molecule has 0 saturated carbocycles. The molecule has 0 amide bonds. The zero-order chi connectivity index (χ0) is 14.8. The van der Waals surface area contributed by atoms with Gasteiger partial charge in [-0.1, -0.05) is 55.5 Å². The second kappa shape index (κ2) is 5.69. The van der Waals surface area contributed by atoms with Crippen LogP contribution < -0.4 is 0 Å². The van der Waals surface area contributed by atoms with Gasteiger partial charge >= 0.3 is 0 Å². The predicted molar refractivity (Wildman–Crippen MR) is 89.8 cm³/mol. The second-order valence-electron chi connectivity index (χ2n) is 5.87. The van der Waals surface area contributed by atoms with E-state index in [1.54, 1.807) is 6.92 Å². The van der Waals surface area contributed by atoms with E-state index in [0.717, 1.165) is 6.42 Å². The van der Waals surface area contributed by atoms with E-state index in [0.29, 0.717) is 12.3 Å². The van der Waals surface area contributed by atoms with Crippen LogP contribution in [0.2, 0.25) is 0 Å². The fourth-order valence-corrected chi connectivity index (χ4v) is 3.14. The molecule has 0 aliphatic rings. The third-order valence-electron chi connectivity index (χ3n) is 4.24. The lowest BCUT2D eigenvalue weighted by Crippen LogP contribution is -2.00. The Balaban J connectivity index is 2.22. The summed E-state index contributed by atoms with van der Waals surface area (Å²) in [7, 11) is 0. The van der Waals surface area contributed by atoms with Crippen molar-refractivity contribution in [1.82, 2.24) is 0 Å². The van der Waals surface area contributed by atoms with Crippen molar-refractivity contribution in [2.75, 3.05) is 0 Å². The van der Waals surface area contributed by atoms with Crippen LogP contribution in [0.25, 0.3) is 21.5 Å². The molecule has 3 rings (SSSR count). The number of carbonyl (C=O) groups excluding carboxylic acids is 1. The molecule has 1 nitrogen and oxygen atoms in total. The highest BCUT2D eigenvalue weighted by Crippen LogP contribution is 2.35. The number of hydrogen-bond donors (Lipinski definition) is 0.